The Morgan fingerprint density at radius 1 is 1.33 bits per heavy atom. The van der Waals surface area contributed by atoms with Gasteiger partial charge in [-0.25, -0.2) is 0 Å². The lowest BCUT2D eigenvalue weighted by molar-refractivity contribution is -0.137. The van der Waals surface area contributed by atoms with Gasteiger partial charge in [0.1, 0.15) is 0 Å². The van der Waals surface area contributed by atoms with Gasteiger partial charge < -0.3 is 10.2 Å². The molecule has 0 unspecified atom stereocenters. The molecule has 27 heavy (non-hydrogen) atoms. The highest BCUT2D eigenvalue weighted by molar-refractivity contribution is 14.0. The SMILES string of the molecule is CN=C(NCc1nnc2c(Cl)cc(C(F)(F)F)cn12)N1CCC(C)CC1.I. The summed E-state index contributed by atoms with van der Waals surface area (Å²) in [5.41, 5.74) is -0.649. The molecule has 0 radical (unpaired) electrons. The summed E-state index contributed by atoms with van der Waals surface area (Å²) in [4.78, 5) is 6.39. The van der Waals surface area contributed by atoms with E-state index in [-0.39, 0.29) is 41.2 Å². The number of pyridine rings is 1. The van der Waals surface area contributed by atoms with Gasteiger partial charge in [-0.15, -0.1) is 34.2 Å². The molecule has 0 aromatic carbocycles. The van der Waals surface area contributed by atoms with Crippen LogP contribution in [0.15, 0.2) is 17.3 Å². The highest BCUT2D eigenvalue weighted by Gasteiger charge is 2.32. The molecule has 3 rings (SSSR count). The Morgan fingerprint density at radius 3 is 2.59 bits per heavy atom. The average molecular weight is 517 g/mol. The average Bonchev–Trinajstić information content (AvgIpc) is 3.00. The van der Waals surface area contributed by atoms with E-state index in [2.05, 4.69) is 32.3 Å². The monoisotopic (exact) mass is 516 g/mol. The Kier molecular flexibility index (Phi) is 7.17. The summed E-state index contributed by atoms with van der Waals surface area (Å²) in [6.45, 7) is 4.20. The maximum atomic E-state index is 13.0. The van der Waals surface area contributed by atoms with Crippen LogP contribution in [0, 0.1) is 5.92 Å². The molecule has 0 bridgehead atoms. The second kappa shape index (κ2) is 8.80. The third-order valence-electron chi connectivity index (χ3n) is 4.56. The van der Waals surface area contributed by atoms with E-state index in [1.807, 2.05) is 0 Å². The van der Waals surface area contributed by atoms with E-state index in [1.54, 1.807) is 7.05 Å². The van der Waals surface area contributed by atoms with Crippen molar-refractivity contribution in [2.75, 3.05) is 20.1 Å². The van der Waals surface area contributed by atoms with Gasteiger partial charge in [-0.2, -0.15) is 13.2 Å². The fourth-order valence-electron chi connectivity index (χ4n) is 2.99. The minimum Gasteiger partial charge on any atom is -0.349 e. The Bertz CT molecular complexity index is 814. The van der Waals surface area contributed by atoms with Crippen LogP contribution in [0.5, 0.6) is 0 Å². The number of nitrogens with zero attached hydrogens (tertiary/aromatic N) is 5. The summed E-state index contributed by atoms with van der Waals surface area (Å²) in [5, 5.41) is 10.9. The van der Waals surface area contributed by atoms with E-state index in [0.717, 1.165) is 38.2 Å². The summed E-state index contributed by atoms with van der Waals surface area (Å²) >= 11 is 5.93. The molecule has 1 N–H and O–H groups in total. The predicted octanol–water partition coefficient (Wildman–Crippen LogP) is 3.83. The van der Waals surface area contributed by atoms with Gasteiger partial charge >= 0.3 is 6.18 Å². The van der Waals surface area contributed by atoms with E-state index in [9.17, 15) is 13.2 Å². The normalized spacial score (nSPS) is 16.5. The number of piperidine rings is 1. The number of fused-ring (bicyclic) bond motifs is 1. The fraction of sp³-hybridized carbons (Fsp3) is 0.562. The molecule has 0 saturated carbocycles. The maximum Gasteiger partial charge on any atom is 0.417 e. The van der Waals surface area contributed by atoms with Crippen LogP contribution >= 0.6 is 35.6 Å². The number of aromatic nitrogens is 3. The smallest absolute Gasteiger partial charge is 0.349 e. The van der Waals surface area contributed by atoms with Crippen LogP contribution in [-0.4, -0.2) is 45.6 Å². The number of aliphatic imine (C=N–C) groups is 1. The van der Waals surface area contributed by atoms with E-state index in [1.165, 1.54) is 4.40 Å². The van der Waals surface area contributed by atoms with E-state index in [4.69, 9.17) is 11.6 Å². The molecule has 1 fully saturated rings. The Morgan fingerprint density at radius 2 is 2.00 bits per heavy atom. The number of likely N-dealkylation sites (tertiary alicyclic amines) is 1. The first-order chi connectivity index (χ1) is 12.3. The largest absolute Gasteiger partial charge is 0.417 e. The van der Waals surface area contributed by atoms with Crippen molar-refractivity contribution in [3.63, 3.8) is 0 Å². The van der Waals surface area contributed by atoms with Gasteiger partial charge in [-0.05, 0) is 24.8 Å². The second-order valence-corrected chi connectivity index (χ2v) is 6.86. The van der Waals surface area contributed by atoms with E-state index in [0.29, 0.717) is 17.7 Å². The third-order valence-corrected chi connectivity index (χ3v) is 4.84. The van der Waals surface area contributed by atoms with Crippen molar-refractivity contribution in [1.29, 1.82) is 0 Å². The molecule has 0 amide bonds. The molecule has 2 aromatic heterocycles. The minimum atomic E-state index is -4.49. The van der Waals surface area contributed by atoms with Gasteiger partial charge in [-0.3, -0.25) is 9.39 Å². The zero-order valence-corrected chi connectivity index (χ0v) is 18.0. The van der Waals surface area contributed by atoms with Gasteiger partial charge in [0.2, 0.25) is 0 Å². The first-order valence-corrected chi connectivity index (χ1v) is 8.73. The molecule has 0 aliphatic carbocycles. The van der Waals surface area contributed by atoms with Crippen LogP contribution in [0.1, 0.15) is 31.2 Å². The van der Waals surface area contributed by atoms with Crippen LogP contribution in [0.25, 0.3) is 5.65 Å². The molecule has 6 nitrogen and oxygen atoms in total. The van der Waals surface area contributed by atoms with Crippen LogP contribution in [-0.2, 0) is 12.7 Å². The van der Waals surface area contributed by atoms with Crippen molar-refractivity contribution >= 4 is 47.2 Å². The minimum absolute atomic E-state index is 0. The first-order valence-electron chi connectivity index (χ1n) is 8.35. The lowest BCUT2D eigenvalue weighted by atomic mass is 10.00. The number of hydrogen-bond donors (Lipinski definition) is 1. The second-order valence-electron chi connectivity index (χ2n) is 6.45. The Labute approximate surface area is 177 Å². The molecule has 1 saturated heterocycles. The molecule has 2 aromatic rings. The molecular formula is C16H21ClF3IN6. The molecule has 1 aliphatic rings. The maximum absolute atomic E-state index is 13.0. The molecule has 0 spiro atoms. The lowest BCUT2D eigenvalue weighted by Crippen LogP contribution is -2.45. The van der Waals surface area contributed by atoms with Gasteiger partial charge in [-0.1, -0.05) is 18.5 Å². The van der Waals surface area contributed by atoms with Crippen molar-refractivity contribution in [2.24, 2.45) is 10.9 Å². The van der Waals surface area contributed by atoms with Gasteiger partial charge in [0.25, 0.3) is 0 Å². The van der Waals surface area contributed by atoms with Crippen LogP contribution in [0.2, 0.25) is 5.02 Å². The van der Waals surface area contributed by atoms with Crippen molar-refractivity contribution < 1.29 is 13.2 Å². The summed E-state index contributed by atoms with van der Waals surface area (Å²) < 4.78 is 40.3. The quantitative estimate of drug-likeness (QED) is 0.375. The van der Waals surface area contributed by atoms with Gasteiger partial charge in [0, 0.05) is 26.3 Å². The summed E-state index contributed by atoms with van der Waals surface area (Å²) in [5.74, 6) is 1.72. The number of guanidine groups is 1. The zero-order chi connectivity index (χ0) is 18.9. The number of halogens is 5. The van der Waals surface area contributed by atoms with E-state index >= 15 is 0 Å². The van der Waals surface area contributed by atoms with Crippen molar-refractivity contribution in [3.05, 3.63) is 28.7 Å². The molecule has 150 valence electrons. The summed E-state index contributed by atoms with van der Waals surface area (Å²) in [7, 11) is 1.68. The number of hydrogen-bond acceptors (Lipinski definition) is 3. The fourth-order valence-corrected chi connectivity index (χ4v) is 3.23. The highest BCUT2D eigenvalue weighted by Crippen LogP contribution is 2.32. The topological polar surface area (TPSA) is 57.8 Å². The molecular weight excluding hydrogens is 496 g/mol. The molecule has 1 aliphatic heterocycles. The van der Waals surface area contributed by atoms with Crippen LogP contribution in [0.3, 0.4) is 0 Å². The molecule has 0 atom stereocenters. The van der Waals surface area contributed by atoms with Crippen molar-refractivity contribution in [1.82, 2.24) is 24.8 Å². The van der Waals surface area contributed by atoms with Gasteiger partial charge in [0.05, 0.1) is 17.1 Å². The third kappa shape index (κ3) is 4.95. The summed E-state index contributed by atoms with van der Waals surface area (Å²) in [6, 6.07) is 0.858. The van der Waals surface area contributed by atoms with Crippen LogP contribution < -0.4 is 5.32 Å². The predicted molar refractivity (Wildman–Crippen MR) is 109 cm³/mol. The Hall–Kier alpha value is -1.30. The molecule has 3 heterocycles. The first kappa shape index (κ1) is 22.0. The number of nitrogens with one attached hydrogen (secondary N) is 1. The van der Waals surface area contributed by atoms with Gasteiger partial charge in [0.15, 0.2) is 17.4 Å². The number of rotatable bonds is 2. The number of alkyl halides is 3. The van der Waals surface area contributed by atoms with Crippen molar-refractivity contribution in [3.8, 4) is 0 Å². The standard InChI is InChI=1S/C16H20ClF3N6.HI/c1-10-3-5-25(6-4-10)15(21-2)22-8-13-23-24-14-12(17)7-11(9-26(13)14)16(18,19)20;/h7,9-10H,3-6,8H2,1-2H3,(H,21,22);1H. The van der Waals surface area contributed by atoms with Crippen molar-refractivity contribution in [2.45, 2.75) is 32.5 Å². The highest BCUT2D eigenvalue weighted by atomic mass is 127. The molecule has 11 heteroatoms. The lowest BCUT2D eigenvalue weighted by Gasteiger charge is -2.32. The Balaban J connectivity index is 0.00000261. The van der Waals surface area contributed by atoms with E-state index < -0.39 is 11.7 Å². The van der Waals surface area contributed by atoms with Crippen LogP contribution in [0.4, 0.5) is 13.2 Å². The zero-order valence-electron chi connectivity index (χ0n) is 14.9. The summed E-state index contributed by atoms with van der Waals surface area (Å²) in [6.07, 6.45) is -1.37.